The molecule has 0 aliphatic carbocycles. The Bertz CT molecular complexity index is 920. The molecule has 0 fully saturated rings. The molecule has 0 heterocycles. The average molecular weight is 344 g/mol. The summed E-state index contributed by atoms with van der Waals surface area (Å²) in [6.07, 6.45) is 2.47. The van der Waals surface area contributed by atoms with Gasteiger partial charge in [-0.05, 0) is 41.8 Å². The van der Waals surface area contributed by atoms with Crippen molar-refractivity contribution in [3.63, 3.8) is 0 Å². The number of nitrogens with one attached hydrogen (secondary N) is 1. The molecule has 3 rings (SSSR count). The van der Waals surface area contributed by atoms with Gasteiger partial charge in [0.1, 0.15) is 5.75 Å². The standard InChI is InChI=1S/C22H18NO3/c1-26-21-14-17(15-24)11-12-20(21)23-22(25)19-10-6-5-9-18(19)13-16-7-3-2-4-8-16/h2-12,14H,13H2,1H3,(H,23,25). The molecule has 0 saturated heterocycles. The van der Waals surface area contributed by atoms with Gasteiger partial charge in [0.15, 0.2) is 0 Å². The number of hydrogen-bond donors (Lipinski definition) is 1. The summed E-state index contributed by atoms with van der Waals surface area (Å²) in [5.74, 6) is 0.192. The highest BCUT2D eigenvalue weighted by Gasteiger charge is 2.14. The lowest BCUT2D eigenvalue weighted by molar-refractivity contribution is 0.102. The minimum Gasteiger partial charge on any atom is -0.495 e. The van der Waals surface area contributed by atoms with Crippen LogP contribution in [0.3, 0.4) is 0 Å². The minimum atomic E-state index is -0.224. The summed E-state index contributed by atoms with van der Waals surface area (Å²) in [5, 5.41) is 2.86. The van der Waals surface area contributed by atoms with Crippen LogP contribution in [0.2, 0.25) is 0 Å². The molecule has 1 amide bonds. The number of carbonyl (C=O) groups excluding carboxylic acids is 2. The third-order valence-electron chi connectivity index (χ3n) is 4.07. The molecule has 0 bridgehead atoms. The van der Waals surface area contributed by atoms with Crippen LogP contribution in [-0.2, 0) is 11.2 Å². The number of ether oxygens (including phenoxy) is 1. The van der Waals surface area contributed by atoms with Gasteiger partial charge in [-0.1, -0.05) is 48.5 Å². The van der Waals surface area contributed by atoms with E-state index < -0.39 is 0 Å². The molecule has 4 nitrogen and oxygen atoms in total. The van der Waals surface area contributed by atoms with Crippen molar-refractivity contribution in [2.75, 3.05) is 12.4 Å². The molecule has 1 N–H and O–H groups in total. The van der Waals surface area contributed by atoms with E-state index in [2.05, 4.69) is 5.32 Å². The first-order valence-corrected chi connectivity index (χ1v) is 8.20. The lowest BCUT2D eigenvalue weighted by Crippen LogP contribution is -2.15. The van der Waals surface area contributed by atoms with E-state index in [1.807, 2.05) is 54.8 Å². The van der Waals surface area contributed by atoms with Crippen LogP contribution < -0.4 is 10.1 Å². The van der Waals surface area contributed by atoms with Crippen molar-refractivity contribution in [1.29, 1.82) is 0 Å². The van der Waals surface area contributed by atoms with E-state index in [-0.39, 0.29) is 5.91 Å². The second-order valence-corrected chi connectivity index (χ2v) is 5.79. The van der Waals surface area contributed by atoms with Crippen LogP contribution in [0.25, 0.3) is 0 Å². The molecule has 0 aromatic heterocycles. The molecule has 0 atom stereocenters. The molecular weight excluding hydrogens is 326 g/mol. The largest absolute Gasteiger partial charge is 0.495 e. The van der Waals surface area contributed by atoms with Crippen LogP contribution in [0, 0.1) is 0 Å². The molecule has 0 aliphatic heterocycles. The number of rotatable bonds is 6. The van der Waals surface area contributed by atoms with Gasteiger partial charge in [-0.2, -0.15) is 0 Å². The van der Waals surface area contributed by atoms with E-state index in [0.29, 0.717) is 29.0 Å². The predicted octanol–water partition coefficient (Wildman–Crippen LogP) is 4.00. The van der Waals surface area contributed by atoms with Crippen molar-refractivity contribution >= 4 is 17.9 Å². The molecule has 1 radical (unpaired) electrons. The van der Waals surface area contributed by atoms with Gasteiger partial charge in [0.25, 0.3) is 5.91 Å². The molecule has 0 aliphatic rings. The molecule has 0 unspecified atom stereocenters. The van der Waals surface area contributed by atoms with Crippen molar-refractivity contribution in [2.45, 2.75) is 6.42 Å². The van der Waals surface area contributed by atoms with Gasteiger partial charge in [0.05, 0.1) is 12.8 Å². The first-order chi connectivity index (χ1) is 12.7. The number of hydrogen-bond acceptors (Lipinski definition) is 3. The lowest BCUT2D eigenvalue weighted by Gasteiger charge is -2.13. The fourth-order valence-electron chi connectivity index (χ4n) is 2.76. The number of methoxy groups -OCH3 is 1. The van der Waals surface area contributed by atoms with Crippen LogP contribution in [0.5, 0.6) is 5.75 Å². The van der Waals surface area contributed by atoms with Crippen molar-refractivity contribution < 1.29 is 14.3 Å². The number of amides is 1. The van der Waals surface area contributed by atoms with Crippen LogP contribution in [0.1, 0.15) is 27.0 Å². The topological polar surface area (TPSA) is 55.4 Å². The molecule has 3 aromatic carbocycles. The quantitative estimate of drug-likeness (QED) is 0.735. The van der Waals surface area contributed by atoms with Gasteiger partial charge in [-0.3, -0.25) is 9.59 Å². The zero-order valence-electron chi connectivity index (χ0n) is 14.4. The minimum absolute atomic E-state index is 0.224. The Morgan fingerprint density at radius 1 is 1.00 bits per heavy atom. The molecular formula is C22H18NO3. The SMILES string of the molecule is COc1cc([C]=O)ccc1NC(=O)c1ccccc1Cc1ccccc1. The van der Waals surface area contributed by atoms with Crippen molar-refractivity contribution in [3.8, 4) is 5.75 Å². The molecule has 3 aromatic rings. The Balaban J connectivity index is 1.86. The van der Waals surface area contributed by atoms with Crippen molar-refractivity contribution in [1.82, 2.24) is 0 Å². The molecule has 0 spiro atoms. The highest BCUT2D eigenvalue weighted by atomic mass is 16.5. The fraction of sp³-hybridized carbons (Fsp3) is 0.0909. The van der Waals surface area contributed by atoms with Gasteiger partial charge in [-0.15, -0.1) is 0 Å². The fourth-order valence-corrected chi connectivity index (χ4v) is 2.76. The number of benzene rings is 3. The third-order valence-corrected chi connectivity index (χ3v) is 4.07. The Hall–Kier alpha value is -3.40. The summed E-state index contributed by atoms with van der Waals surface area (Å²) in [7, 11) is 1.49. The highest BCUT2D eigenvalue weighted by molar-refractivity contribution is 6.06. The maximum atomic E-state index is 12.8. The van der Waals surface area contributed by atoms with E-state index in [4.69, 9.17) is 4.74 Å². The van der Waals surface area contributed by atoms with Crippen molar-refractivity contribution in [2.24, 2.45) is 0 Å². The van der Waals surface area contributed by atoms with Gasteiger partial charge in [0, 0.05) is 11.1 Å². The van der Waals surface area contributed by atoms with E-state index in [1.54, 1.807) is 24.3 Å². The Kier molecular flexibility index (Phi) is 5.44. The zero-order chi connectivity index (χ0) is 18.4. The summed E-state index contributed by atoms with van der Waals surface area (Å²) >= 11 is 0. The Morgan fingerprint density at radius 2 is 1.73 bits per heavy atom. The maximum Gasteiger partial charge on any atom is 0.256 e. The van der Waals surface area contributed by atoms with Gasteiger partial charge < -0.3 is 10.1 Å². The summed E-state index contributed by atoms with van der Waals surface area (Å²) in [6.45, 7) is 0. The number of anilines is 1. The van der Waals surface area contributed by atoms with E-state index in [9.17, 15) is 9.59 Å². The van der Waals surface area contributed by atoms with Gasteiger partial charge in [-0.25, -0.2) is 0 Å². The predicted molar refractivity (Wildman–Crippen MR) is 101 cm³/mol. The monoisotopic (exact) mass is 344 g/mol. The van der Waals surface area contributed by atoms with Crippen LogP contribution in [-0.4, -0.2) is 19.3 Å². The Morgan fingerprint density at radius 3 is 2.46 bits per heavy atom. The van der Waals surface area contributed by atoms with Crippen LogP contribution in [0.4, 0.5) is 5.69 Å². The summed E-state index contributed by atoms with van der Waals surface area (Å²) in [6, 6.07) is 22.3. The highest BCUT2D eigenvalue weighted by Crippen LogP contribution is 2.26. The summed E-state index contributed by atoms with van der Waals surface area (Å²) in [5.41, 5.74) is 3.55. The second kappa shape index (κ2) is 8.12. The van der Waals surface area contributed by atoms with E-state index in [1.165, 1.54) is 7.11 Å². The molecule has 0 saturated carbocycles. The van der Waals surface area contributed by atoms with Gasteiger partial charge in [0.2, 0.25) is 6.29 Å². The molecule has 26 heavy (non-hydrogen) atoms. The smallest absolute Gasteiger partial charge is 0.256 e. The van der Waals surface area contributed by atoms with Crippen LogP contribution in [0.15, 0.2) is 72.8 Å². The second-order valence-electron chi connectivity index (χ2n) is 5.79. The van der Waals surface area contributed by atoms with E-state index >= 15 is 0 Å². The maximum absolute atomic E-state index is 12.8. The van der Waals surface area contributed by atoms with Crippen molar-refractivity contribution in [3.05, 3.63) is 95.1 Å². The third kappa shape index (κ3) is 3.98. The lowest BCUT2D eigenvalue weighted by atomic mass is 9.99. The average Bonchev–Trinajstić information content (AvgIpc) is 2.69. The van der Waals surface area contributed by atoms with Crippen LogP contribution >= 0.6 is 0 Å². The normalized spacial score (nSPS) is 10.2. The summed E-state index contributed by atoms with van der Waals surface area (Å²) < 4.78 is 5.26. The summed E-state index contributed by atoms with van der Waals surface area (Å²) in [4.78, 5) is 23.6. The number of carbonyl (C=O) groups is 1. The first kappa shape index (κ1) is 17.4. The Labute approximate surface area is 152 Å². The zero-order valence-corrected chi connectivity index (χ0v) is 14.4. The van der Waals surface area contributed by atoms with Gasteiger partial charge >= 0.3 is 0 Å². The molecule has 129 valence electrons. The van der Waals surface area contributed by atoms with E-state index in [0.717, 1.165) is 11.1 Å². The first-order valence-electron chi connectivity index (χ1n) is 8.20. The molecule has 4 heteroatoms.